The van der Waals surface area contributed by atoms with Crippen LogP contribution in [0.25, 0.3) is 17.5 Å². The van der Waals surface area contributed by atoms with Crippen LogP contribution in [-0.2, 0) is 4.79 Å². The Labute approximate surface area is 187 Å². The van der Waals surface area contributed by atoms with Gasteiger partial charge in [0.15, 0.2) is 5.82 Å². The third-order valence-corrected chi connectivity index (χ3v) is 5.41. The number of nitrogens with one attached hydrogen (secondary N) is 1. The zero-order valence-corrected chi connectivity index (χ0v) is 17.9. The molecule has 0 radical (unpaired) electrons. The van der Waals surface area contributed by atoms with Crippen molar-refractivity contribution in [2.45, 2.75) is 0 Å². The molecule has 0 aliphatic carbocycles. The van der Waals surface area contributed by atoms with Gasteiger partial charge in [0.05, 0.1) is 0 Å². The predicted molar refractivity (Wildman–Crippen MR) is 125 cm³/mol. The highest BCUT2D eigenvalue weighted by Crippen LogP contribution is 2.19. The van der Waals surface area contributed by atoms with Gasteiger partial charge in [0, 0.05) is 56.6 Å². The summed E-state index contributed by atoms with van der Waals surface area (Å²) in [6.07, 6.45) is 5.14. The normalized spacial score (nSPS) is 13.9. The van der Waals surface area contributed by atoms with Gasteiger partial charge in [0.2, 0.25) is 5.91 Å². The van der Waals surface area contributed by atoms with Crippen molar-refractivity contribution in [1.29, 1.82) is 0 Å². The van der Waals surface area contributed by atoms with Gasteiger partial charge in [-0.25, -0.2) is 9.97 Å². The van der Waals surface area contributed by atoms with Crippen LogP contribution >= 0.6 is 0 Å². The average molecular weight is 428 g/mol. The van der Waals surface area contributed by atoms with Gasteiger partial charge in [-0.05, 0) is 29.8 Å². The maximum atomic E-state index is 12.6. The Hall–Kier alpha value is -4.00. The smallest absolute Gasteiger partial charge is 0.251 e. The molecule has 3 aromatic rings. The number of hydrogen-bond donors (Lipinski definition) is 1. The number of carbonyl (C=O) groups is 2. The van der Waals surface area contributed by atoms with Gasteiger partial charge in [0.25, 0.3) is 5.91 Å². The molecule has 2 amide bonds. The van der Waals surface area contributed by atoms with Crippen molar-refractivity contribution in [3.63, 3.8) is 0 Å². The van der Waals surface area contributed by atoms with E-state index >= 15 is 0 Å². The molecule has 7 heteroatoms. The lowest BCUT2D eigenvalue weighted by Crippen LogP contribution is -2.48. The van der Waals surface area contributed by atoms with Gasteiger partial charge in [-0.1, -0.05) is 42.5 Å². The Morgan fingerprint density at radius 3 is 2.34 bits per heavy atom. The van der Waals surface area contributed by atoms with Crippen molar-refractivity contribution in [1.82, 2.24) is 20.2 Å². The van der Waals surface area contributed by atoms with E-state index in [0.717, 1.165) is 16.9 Å². The van der Waals surface area contributed by atoms with Gasteiger partial charge in [-0.15, -0.1) is 0 Å². The maximum Gasteiger partial charge on any atom is 0.251 e. The molecule has 0 bridgehead atoms. The number of benzene rings is 2. The Balaban J connectivity index is 1.34. The summed E-state index contributed by atoms with van der Waals surface area (Å²) in [5, 5.41) is 2.59. The lowest BCUT2D eigenvalue weighted by atomic mass is 10.1. The lowest BCUT2D eigenvalue weighted by Gasteiger charge is -2.35. The van der Waals surface area contributed by atoms with Crippen LogP contribution in [0.15, 0.2) is 72.9 Å². The van der Waals surface area contributed by atoms with Crippen LogP contribution in [-0.4, -0.2) is 59.9 Å². The molecule has 162 valence electrons. The second-order valence-electron chi connectivity index (χ2n) is 7.45. The van der Waals surface area contributed by atoms with Crippen molar-refractivity contribution in [3.8, 4) is 11.4 Å². The molecule has 1 saturated heterocycles. The molecule has 0 saturated carbocycles. The monoisotopic (exact) mass is 427 g/mol. The summed E-state index contributed by atoms with van der Waals surface area (Å²) in [5.74, 6) is 1.42. The predicted octanol–water partition coefficient (Wildman–Crippen LogP) is 2.87. The number of aromatic nitrogens is 2. The van der Waals surface area contributed by atoms with Crippen molar-refractivity contribution in [2.75, 3.05) is 38.1 Å². The zero-order chi connectivity index (χ0) is 22.3. The second kappa shape index (κ2) is 9.87. The first-order valence-corrected chi connectivity index (χ1v) is 10.6. The maximum absolute atomic E-state index is 12.6. The van der Waals surface area contributed by atoms with Crippen LogP contribution in [0, 0.1) is 0 Å². The highest BCUT2D eigenvalue weighted by Gasteiger charge is 2.21. The van der Waals surface area contributed by atoms with Crippen molar-refractivity contribution in [2.24, 2.45) is 0 Å². The average Bonchev–Trinajstić information content (AvgIpc) is 2.88. The van der Waals surface area contributed by atoms with E-state index in [0.29, 0.717) is 37.6 Å². The number of anilines is 1. The number of nitrogens with zero attached hydrogens (tertiary/aromatic N) is 4. The van der Waals surface area contributed by atoms with E-state index in [1.165, 1.54) is 0 Å². The molecule has 4 rings (SSSR count). The molecular weight excluding hydrogens is 402 g/mol. The van der Waals surface area contributed by atoms with Crippen LogP contribution in [0.5, 0.6) is 0 Å². The summed E-state index contributed by atoms with van der Waals surface area (Å²) in [6.45, 7) is 2.68. The highest BCUT2D eigenvalue weighted by molar-refractivity contribution is 5.95. The van der Waals surface area contributed by atoms with Crippen LogP contribution in [0.3, 0.4) is 0 Å². The van der Waals surface area contributed by atoms with E-state index in [4.69, 9.17) is 4.98 Å². The number of amides is 2. The van der Waals surface area contributed by atoms with E-state index in [1.807, 2.05) is 53.4 Å². The van der Waals surface area contributed by atoms with Crippen LogP contribution in [0.4, 0.5) is 5.82 Å². The Morgan fingerprint density at radius 1 is 0.938 bits per heavy atom. The molecule has 1 N–H and O–H groups in total. The quantitative estimate of drug-likeness (QED) is 0.634. The van der Waals surface area contributed by atoms with Gasteiger partial charge in [-0.2, -0.15) is 0 Å². The number of rotatable bonds is 5. The Bertz CT molecular complexity index is 1100. The minimum Gasteiger partial charge on any atom is -0.355 e. The molecule has 1 aliphatic rings. The van der Waals surface area contributed by atoms with Crippen molar-refractivity contribution in [3.05, 3.63) is 84.1 Å². The van der Waals surface area contributed by atoms with E-state index < -0.39 is 0 Å². The fourth-order valence-corrected chi connectivity index (χ4v) is 3.57. The summed E-state index contributed by atoms with van der Waals surface area (Å²) in [4.78, 5) is 37.3. The molecule has 0 unspecified atom stereocenters. The zero-order valence-electron chi connectivity index (χ0n) is 17.9. The molecule has 1 aromatic heterocycles. The first-order valence-electron chi connectivity index (χ1n) is 10.6. The van der Waals surface area contributed by atoms with Gasteiger partial charge < -0.3 is 15.1 Å². The van der Waals surface area contributed by atoms with Crippen LogP contribution in [0.2, 0.25) is 0 Å². The first kappa shape index (κ1) is 21.2. The third-order valence-electron chi connectivity index (χ3n) is 5.41. The standard InChI is InChI=1S/C25H25N5O2/c1-26-25(32)21-10-7-19(8-11-21)9-12-23(31)30-17-15-29(16-18-30)22-13-14-27-24(28-22)20-5-3-2-4-6-20/h2-14H,15-18H2,1H3,(H,26,32)/b12-9+. The SMILES string of the molecule is CNC(=O)c1ccc(/C=C/C(=O)N2CCN(c3ccnc(-c4ccccc4)n3)CC2)cc1. The molecule has 0 atom stereocenters. The minimum atomic E-state index is -0.131. The molecular formula is C25H25N5O2. The van der Waals surface area contributed by atoms with Crippen LogP contribution < -0.4 is 10.2 Å². The fraction of sp³-hybridized carbons (Fsp3) is 0.200. The molecule has 1 aliphatic heterocycles. The molecule has 0 spiro atoms. The molecule has 32 heavy (non-hydrogen) atoms. The lowest BCUT2D eigenvalue weighted by molar-refractivity contribution is -0.126. The molecule has 7 nitrogen and oxygen atoms in total. The van der Waals surface area contributed by atoms with Crippen molar-refractivity contribution >= 4 is 23.7 Å². The molecule has 2 heterocycles. The summed E-state index contributed by atoms with van der Waals surface area (Å²) in [7, 11) is 1.60. The van der Waals surface area contributed by atoms with E-state index in [9.17, 15) is 9.59 Å². The van der Waals surface area contributed by atoms with E-state index in [1.54, 1.807) is 37.5 Å². The summed E-state index contributed by atoms with van der Waals surface area (Å²) in [6, 6.07) is 18.9. The number of hydrogen-bond acceptors (Lipinski definition) is 5. The van der Waals surface area contributed by atoms with Crippen LogP contribution in [0.1, 0.15) is 15.9 Å². The van der Waals surface area contributed by atoms with Gasteiger partial charge >= 0.3 is 0 Å². The topological polar surface area (TPSA) is 78.4 Å². The number of piperazine rings is 1. The number of carbonyl (C=O) groups excluding carboxylic acids is 2. The van der Waals surface area contributed by atoms with Gasteiger partial charge in [-0.3, -0.25) is 9.59 Å². The minimum absolute atomic E-state index is 0.0207. The highest BCUT2D eigenvalue weighted by atomic mass is 16.2. The summed E-state index contributed by atoms with van der Waals surface area (Å²) in [5.41, 5.74) is 2.45. The molecule has 1 fully saturated rings. The second-order valence-corrected chi connectivity index (χ2v) is 7.45. The first-order chi connectivity index (χ1) is 15.6. The summed E-state index contributed by atoms with van der Waals surface area (Å²) >= 11 is 0. The van der Waals surface area contributed by atoms with Gasteiger partial charge in [0.1, 0.15) is 5.82 Å². The largest absolute Gasteiger partial charge is 0.355 e. The van der Waals surface area contributed by atoms with E-state index in [2.05, 4.69) is 15.2 Å². The van der Waals surface area contributed by atoms with Crippen molar-refractivity contribution < 1.29 is 9.59 Å². The fourth-order valence-electron chi connectivity index (χ4n) is 3.57. The Kier molecular flexibility index (Phi) is 6.55. The third kappa shape index (κ3) is 5.00. The summed E-state index contributed by atoms with van der Waals surface area (Å²) < 4.78 is 0. The Morgan fingerprint density at radius 2 is 1.66 bits per heavy atom. The van der Waals surface area contributed by atoms with E-state index in [-0.39, 0.29) is 11.8 Å². The molecule has 2 aromatic carbocycles.